The summed E-state index contributed by atoms with van der Waals surface area (Å²) in [5, 5.41) is 8.94. The molecule has 1 fully saturated rings. The predicted molar refractivity (Wildman–Crippen MR) is 81.0 cm³/mol. The van der Waals surface area contributed by atoms with Gasteiger partial charge in [-0.2, -0.15) is 0 Å². The molecular weight excluding hydrogens is 284 g/mol. The predicted octanol–water partition coefficient (Wildman–Crippen LogP) is 2.20. The Bertz CT molecular complexity index is 558. The standard InChI is InChI=1S/C16H22N2O4/c1-16(2,3)22-12-5-8-18(9-6-12)14(19)11-4-7-17-13(10-11)15(20)21/h4,7,10,12H,5-6,8-9H2,1-3H3,(H,20,21). The molecule has 1 aliphatic rings. The van der Waals surface area contributed by atoms with Gasteiger partial charge in [0.25, 0.3) is 5.91 Å². The number of carboxylic acids is 1. The number of aromatic carboxylic acids is 1. The van der Waals surface area contributed by atoms with Gasteiger partial charge in [0.1, 0.15) is 5.69 Å². The summed E-state index contributed by atoms with van der Waals surface area (Å²) in [5.74, 6) is -1.29. The first-order valence-corrected chi connectivity index (χ1v) is 7.43. The molecule has 120 valence electrons. The Balaban J connectivity index is 1.98. The molecule has 0 atom stereocenters. The Hall–Kier alpha value is -1.95. The van der Waals surface area contributed by atoms with Crippen LogP contribution in [0.5, 0.6) is 0 Å². The topological polar surface area (TPSA) is 79.7 Å². The molecule has 0 bridgehead atoms. The lowest BCUT2D eigenvalue weighted by Gasteiger charge is -2.35. The summed E-state index contributed by atoms with van der Waals surface area (Å²) < 4.78 is 5.94. The number of carbonyl (C=O) groups is 2. The van der Waals surface area contributed by atoms with Crippen LogP contribution in [0.15, 0.2) is 18.3 Å². The van der Waals surface area contributed by atoms with E-state index >= 15 is 0 Å². The molecule has 2 heterocycles. The van der Waals surface area contributed by atoms with Gasteiger partial charge in [-0.05, 0) is 45.7 Å². The molecule has 0 spiro atoms. The molecule has 1 N–H and O–H groups in total. The van der Waals surface area contributed by atoms with Crippen molar-refractivity contribution < 1.29 is 19.4 Å². The van der Waals surface area contributed by atoms with Crippen LogP contribution in [0, 0.1) is 0 Å². The largest absolute Gasteiger partial charge is 0.477 e. The first kappa shape index (κ1) is 16.4. The van der Waals surface area contributed by atoms with Gasteiger partial charge in [-0.25, -0.2) is 9.78 Å². The van der Waals surface area contributed by atoms with E-state index < -0.39 is 5.97 Å². The molecule has 6 nitrogen and oxygen atoms in total. The Morgan fingerprint density at radius 3 is 2.50 bits per heavy atom. The summed E-state index contributed by atoms with van der Waals surface area (Å²) in [5.41, 5.74) is 0.0672. The van der Waals surface area contributed by atoms with Crippen molar-refractivity contribution in [2.45, 2.75) is 45.3 Å². The second kappa shape index (κ2) is 6.44. The van der Waals surface area contributed by atoms with E-state index in [0.29, 0.717) is 18.7 Å². The van der Waals surface area contributed by atoms with Gasteiger partial charge in [0.15, 0.2) is 0 Å². The molecule has 22 heavy (non-hydrogen) atoms. The second-order valence-corrected chi connectivity index (χ2v) is 6.46. The first-order valence-electron chi connectivity index (χ1n) is 7.43. The molecular formula is C16H22N2O4. The normalized spacial score (nSPS) is 16.6. The Labute approximate surface area is 130 Å². The molecule has 1 aromatic rings. The fourth-order valence-corrected chi connectivity index (χ4v) is 2.54. The highest BCUT2D eigenvalue weighted by atomic mass is 16.5. The van der Waals surface area contributed by atoms with Crippen LogP contribution in [0.2, 0.25) is 0 Å². The number of ether oxygens (including phenoxy) is 1. The van der Waals surface area contributed by atoms with Crippen LogP contribution in [-0.4, -0.2) is 51.7 Å². The average molecular weight is 306 g/mol. The van der Waals surface area contributed by atoms with E-state index in [-0.39, 0.29) is 23.3 Å². The quantitative estimate of drug-likeness (QED) is 0.926. The van der Waals surface area contributed by atoms with Gasteiger partial charge in [-0.15, -0.1) is 0 Å². The minimum absolute atomic E-state index is 0.114. The molecule has 1 aliphatic heterocycles. The van der Waals surface area contributed by atoms with Crippen molar-refractivity contribution in [1.82, 2.24) is 9.88 Å². The highest BCUT2D eigenvalue weighted by Gasteiger charge is 2.27. The number of likely N-dealkylation sites (tertiary alicyclic amines) is 1. The number of piperidine rings is 1. The zero-order valence-corrected chi connectivity index (χ0v) is 13.2. The minimum Gasteiger partial charge on any atom is -0.477 e. The van der Waals surface area contributed by atoms with Crippen molar-refractivity contribution in [3.63, 3.8) is 0 Å². The molecule has 1 amide bonds. The molecule has 2 rings (SSSR count). The Kier molecular flexibility index (Phi) is 4.81. The number of pyridine rings is 1. The first-order chi connectivity index (χ1) is 10.3. The summed E-state index contributed by atoms with van der Waals surface area (Å²) in [6.45, 7) is 7.30. The van der Waals surface area contributed by atoms with Crippen LogP contribution in [-0.2, 0) is 4.74 Å². The lowest BCUT2D eigenvalue weighted by molar-refractivity contribution is -0.0791. The van der Waals surface area contributed by atoms with Crippen molar-refractivity contribution >= 4 is 11.9 Å². The van der Waals surface area contributed by atoms with Crippen molar-refractivity contribution in [3.05, 3.63) is 29.6 Å². The maximum atomic E-state index is 12.4. The number of carbonyl (C=O) groups excluding carboxylic acids is 1. The third-order valence-electron chi connectivity index (χ3n) is 3.48. The zero-order chi connectivity index (χ0) is 16.3. The van der Waals surface area contributed by atoms with Gasteiger partial charge < -0.3 is 14.7 Å². The van der Waals surface area contributed by atoms with E-state index in [2.05, 4.69) is 4.98 Å². The molecule has 1 aromatic heterocycles. The number of rotatable bonds is 3. The number of amides is 1. The van der Waals surface area contributed by atoms with Gasteiger partial charge >= 0.3 is 5.97 Å². The number of carboxylic acid groups (broad SMARTS) is 1. The molecule has 6 heteroatoms. The lowest BCUT2D eigenvalue weighted by Crippen LogP contribution is -2.42. The Morgan fingerprint density at radius 1 is 1.32 bits per heavy atom. The summed E-state index contributed by atoms with van der Waals surface area (Å²) in [4.78, 5) is 28.8. The van der Waals surface area contributed by atoms with E-state index in [1.54, 1.807) is 11.0 Å². The van der Waals surface area contributed by atoms with Gasteiger partial charge in [0.2, 0.25) is 0 Å². The smallest absolute Gasteiger partial charge is 0.354 e. The van der Waals surface area contributed by atoms with E-state index in [1.165, 1.54) is 12.3 Å². The fourth-order valence-electron chi connectivity index (χ4n) is 2.54. The monoisotopic (exact) mass is 306 g/mol. The minimum atomic E-state index is -1.13. The van der Waals surface area contributed by atoms with Crippen LogP contribution in [0.4, 0.5) is 0 Å². The maximum Gasteiger partial charge on any atom is 0.354 e. The number of aromatic nitrogens is 1. The van der Waals surface area contributed by atoms with Crippen LogP contribution in [0.3, 0.4) is 0 Å². The summed E-state index contributed by atoms with van der Waals surface area (Å²) in [6.07, 6.45) is 3.10. The highest BCUT2D eigenvalue weighted by molar-refractivity contribution is 5.96. The summed E-state index contributed by atoms with van der Waals surface area (Å²) >= 11 is 0. The Morgan fingerprint density at radius 2 is 1.95 bits per heavy atom. The highest BCUT2D eigenvalue weighted by Crippen LogP contribution is 2.21. The summed E-state index contributed by atoms with van der Waals surface area (Å²) in [7, 11) is 0. The molecule has 0 saturated carbocycles. The van der Waals surface area contributed by atoms with Crippen molar-refractivity contribution in [1.29, 1.82) is 0 Å². The third kappa shape index (κ3) is 4.27. The van der Waals surface area contributed by atoms with Gasteiger partial charge in [-0.3, -0.25) is 4.79 Å². The zero-order valence-electron chi connectivity index (χ0n) is 13.2. The number of hydrogen-bond donors (Lipinski definition) is 1. The van der Waals surface area contributed by atoms with E-state index in [1.807, 2.05) is 20.8 Å². The molecule has 0 radical (unpaired) electrons. The SMILES string of the molecule is CC(C)(C)OC1CCN(C(=O)c2ccnc(C(=O)O)c2)CC1. The molecule has 1 saturated heterocycles. The van der Waals surface area contributed by atoms with E-state index in [0.717, 1.165) is 12.8 Å². The number of nitrogens with zero attached hydrogens (tertiary/aromatic N) is 2. The van der Waals surface area contributed by atoms with Crippen molar-refractivity contribution in [3.8, 4) is 0 Å². The van der Waals surface area contributed by atoms with Crippen molar-refractivity contribution in [2.24, 2.45) is 0 Å². The van der Waals surface area contributed by atoms with Crippen LogP contribution in [0.25, 0.3) is 0 Å². The van der Waals surface area contributed by atoms with Gasteiger partial charge in [-0.1, -0.05) is 0 Å². The third-order valence-corrected chi connectivity index (χ3v) is 3.48. The number of hydrogen-bond acceptors (Lipinski definition) is 4. The molecule has 0 unspecified atom stereocenters. The lowest BCUT2D eigenvalue weighted by atomic mass is 10.0. The van der Waals surface area contributed by atoms with Crippen LogP contribution in [0.1, 0.15) is 54.5 Å². The molecule has 0 aliphatic carbocycles. The maximum absolute atomic E-state index is 12.4. The van der Waals surface area contributed by atoms with Gasteiger partial charge in [0.05, 0.1) is 11.7 Å². The van der Waals surface area contributed by atoms with E-state index in [9.17, 15) is 9.59 Å². The second-order valence-electron chi connectivity index (χ2n) is 6.46. The van der Waals surface area contributed by atoms with E-state index in [4.69, 9.17) is 9.84 Å². The van der Waals surface area contributed by atoms with Crippen LogP contribution >= 0.6 is 0 Å². The van der Waals surface area contributed by atoms with Gasteiger partial charge in [0, 0.05) is 24.8 Å². The molecule has 0 aromatic carbocycles. The fraction of sp³-hybridized carbons (Fsp3) is 0.562. The average Bonchev–Trinajstić information content (AvgIpc) is 2.46. The summed E-state index contributed by atoms with van der Waals surface area (Å²) in [6, 6.07) is 2.87. The van der Waals surface area contributed by atoms with Crippen LogP contribution < -0.4 is 0 Å². The van der Waals surface area contributed by atoms with Crippen molar-refractivity contribution in [2.75, 3.05) is 13.1 Å².